The lowest BCUT2D eigenvalue weighted by molar-refractivity contribution is -0.116. The minimum atomic E-state index is -1.02. The van der Waals surface area contributed by atoms with Gasteiger partial charge in [-0.3, -0.25) is 4.79 Å². The van der Waals surface area contributed by atoms with Crippen molar-refractivity contribution in [1.29, 1.82) is 0 Å². The van der Waals surface area contributed by atoms with Gasteiger partial charge >= 0.3 is 0 Å². The van der Waals surface area contributed by atoms with E-state index in [4.69, 9.17) is 4.74 Å². The smallest absolute Gasteiger partial charge is 0.224 e. The van der Waals surface area contributed by atoms with Gasteiger partial charge in [0.2, 0.25) is 5.91 Å². The van der Waals surface area contributed by atoms with Gasteiger partial charge in [-0.1, -0.05) is 12.1 Å². The van der Waals surface area contributed by atoms with Gasteiger partial charge in [0.05, 0.1) is 12.8 Å². The Kier molecular flexibility index (Phi) is 3.81. The van der Waals surface area contributed by atoms with Crippen molar-refractivity contribution in [3.8, 4) is 5.75 Å². The SMILES string of the molecule is COc1ccc(C(O)c2cc(F)cc3c2NC(=O)CC3)cc1. The fourth-order valence-electron chi connectivity index (χ4n) is 2.67. The number of ether oxygens (including phenoxy) is 1. The van der Waals surface area contributed by atoms with Crippen molar-refractivity contribution < 1.29 is 19.0 Å². The van der Waals surface area contributed by atoms with Gasteiger partial charge < -0.3 is 15.2 Å². The summed E-state index contributed by atoms with van der Waals surface area (Å²) in [5.41, 5.74) is 2.20. The highest BCUT2D eigenvalue weighted by molar-refractivity contribution is 5.95. The number of carbonyl (C=O) groups is 1. The van der Waals surface area contributed by atoms with Crippen molar-refractivity contribution in [2.45, 2.75) is 18.9 Å². The van der Waals surface area contributed by atoms with Crippen LogP contribution in [-0.2, 0) is 11.2 Å². The maximum absolute atomic E-state index is 13.8. The third-order valence-electron chi connectivity index (χ3n) is 3.83. The van der Waals surface area contributed by atoms with E-state index in [0.29, 0.717) is 41.0 Å². The first-order chi connectivity index (χ1) is 10.6. The third-order valence-corrected chi connectivity index (χ3v) is 3.83. The van der Waals surface area contributed by atoms with Crippen LogP contribution >= 0.6 is 0 Å². The molecule has 2 aromatic carbocycles. The standard InChI is InChI=1S/C17H16FNO3/c1-22-13-5-2-10(3-6-13)17(21)14-9-12(18)8-11-4-7-15(20)19-16(11)14/h2-3,5-6,8-9,17,21H,4,7H2,1H3,(H,19,20). The van der Waals surface area contributed by atoms with Crippen LogP contribution in [0.15, 0.2) is 36.4 Å². The van der Waals surface area contributed by atoms with E-state index >= 15 is 0 Å². The van der Waals surface area contributed by atoms with E-state index in [9.17, 15) is 14.3 Å². The average Bonchev–Trinajstić information content (AvgIpc) is 2.54. The number of rotatable bonds is 3. The lowest BCUT2D eigenvalue weighted by Crippen LogP contribution is -2.21. The highest BCUT2D eigenvalue weighted by Gasteiger charge is 2.23. The molecule has 22 heavy (non-hydrogen) atoms. The number of carbonyl (C=O) groups excluding carboxylic acids is 1. The number of nitrogens with one attached hydrogen (secondary N) is 1. The Bertz CT molecular complexity index is 713. The first-order valence-electron chi connectivity index (χ1n) is 7.02. The highest BCUT2D eigenvalue weighted by atomic mass is 19.1. The molecule has 1 unspecified atom stereocenters. The molecule has 5 heteroatoms. The topological polar surface area (TPSA) is 58.6 Å². The van der Waals surface area contributed by atoms with Crippen LogP contribution in [0.1, 0.15) is 29.2 Å². The summed E-state index contributed by atoms with van der Waals surface area (Å²) in [7, 11) is 1.56. The molecule has 0 aliphatic carbocycles. The fourth-order valence-corrected chi connectivity index (χ4v) is 2.67. The number of fused-ring (bicyclic) bond motifs is 1. The summed E-state index contributed by atoms with van der Waals surface area (Å²) in [5, 5.41) is 13.3. The molecule has 1 heterocycles. The molecule has 0 fully saturated rings. The number of hydrogen-bond donors (Lipinski definition) is 2. The molecule has 1 atom stereocenters. The molecular formula is C17H16FNO3. The molecule has 1 aliphatic heterocycles. The second-order valence-electron chi connectivity index (χ2n) is 5.25. The molecule has 1 amide bonds. The zero-order chi connectivity index (χ0) is 15.7. The Morgan fingerprint density at radius 3 is 2.64 bits per heavy atom. The molecular weight excluding hydrogens is 285 g/mol. The quantitative estimate of drug-likeness (QED) is 0.916. The number of anilines is 1. The maximum Gasteiger partial charge on any atom is 0.224 e. The second-order valence-corrected chi connectivity index (χ2v) is 5.25. The van der Waals surface area contributed by atoms with Crippen LogP contribution in [0, 0.1) is 5.82 Å². The number of benzene rings is 2. The number of aliphatic hydroxyl groups excluding tert-OH is 1. The van der Waals surface area contributed by atoms with Crippen LogP contribution in [0.2, 0.25) is 0 Å². The predicted molar refractivity (Wildman–Crippen MR) is 80.4 cm³/mol. The largest absolute Gasteiger partial charge is 0.497 e. The van der Waals surface area contributed by atoms with Gasteiger partial charge in [0.25, 0.3) is 0 Å². The van der Waals surface area contributed by atoms with E-state index in [1.54, 1.807) is 31.4 Å². The predicted octanol–water partition coefficient (Wildman–Crippen LogP) is 2.80. The molecule has 2 N–H and O–H groups in total. The minimum absolute atomic E-state index is 0.123. The average molecular weight is 301 g/mol. The summed E-state index contributed by atoms with van der Waals surface area (Å²) in [5.74, 6) is 0.130. The summed E-state index contributed by atoms with van der Waals surface area (Å²) in [4.78, 5) is 11.6. The summed E-state index contributed by atoms with van der Waals surface area (Å²) >= 11 is 0. The Labute approximate surface area is 127 Å². The number of methoxy groups -OCH3 is 1. The zero-order valence-corrected chi connectivity index (χ0v) is 12.1. The van der Waals surface area contributed by atoms with Crippen molar-refractivity contribution in [3.63, 3.8) is 0 Å². The first-order valence-corrected chi connectivity index (χ1v) is 7.02. The van der Waals surface area contributed by atoms with Gasteiger partial charge in [-0.2, -0.15) is 0 Å². The van der Waals surface area contributed by atoms with E-state index in [1.165, 1.54) is 12.1 Å². The Morgan fingerprint density at radius 2 is 1.95 bits per heavy atom. The van der Waals surface area contributed by atoms with Gasteiger partial charge in [-0.25, -0.2) is 4.39 Å². The number of halogens is 1. The number of aryl methyl sites for hydroxylation is 1. The Balaban J connectivity index is 2.02. The van der Waals surface area contributed by atoms with Gasteiger partial charge in [0.1, 0.15) is 17.7 Å². The summed E-state index contributed by atoms with van der Waals surface area (Å²) in [6.07, 6.45) is -0.218. The van der Waals surface area contributed by atoms with E-state index in [2.05, 4.69) is 5.32 Å². The summed E-state index contributed by atoms with van der Waals surface area (Å²) in [6.45, 7) is 0. The zero-order valence-electron chi connectivity index (χ0n) is 12.1. The van der Waals surface area contributed by atoms with Crippen LogP contribution in [-0.4, -0.2) is 18.1 Å². The van der Waals surface area contributed by atoms with Crippen LogP contribution < -0.4 is 10.1 Å². The lowest BCUT2D eigenvalue weighted by Gasteiger charge is -2.23. The molecule has 0 bridgehead atoms. The van der Waals surface area contributed by atoms with Crippen molar-refractivity contribution in [3.05, 3.63) is 58.9 Å². The molecule has 3 rings (SSSR count). The first kappa shape index (κ1) is 14.5. The molecule has 4 nitrogen and oxygen atoms in total. The van der Waals surface area contributed by atoms with Crippen molar-refractivity contribution in [1.82, 2.24) is 0 Å². The highest BCUT2D eigenvalue weighted by Crippen LogP contribution is 2.35. The Hall–Kier alpha value is -2.40. The van der Waals surface area contributed by atoms with E-state index in [0.717, 1.165) is 0 Å². The van der Waals surface area contributed by atoms with Gasteiger partial charge in [-0.05, 0) is 41.8 Å². The molecule has 1 aliphatic rings. The normalized spacial score (nSPS) is 15.0. The molecule has 114 valence electrons. The maximum atomic E-state index is 13.8. The molecule has 0 aromatic heterocycles. The Morgan fingerprint density at radius 1 is 1.23 bits per heavy atom. The van der Waals surface area contributed by atoms with Crippen molar-refractivity contribution >= 4 is 11.6 Å². The number of hydrogen-bond acceptors (Lipinski definition) is 3. The summed E-state index contributed by atoms with van der Waals surface area (Å²) in [6, 6.07) is 9.54. The number of aliphatic hydroxyl groups is 1. The number of amides is 1. The molecule has 0 saturated carbocycles. The molecule has 0 radical (unpaired) electrons. The van der Waals surface area contributed by atoms with Crippen molar-refractivity contribution in [2.24, 2.45) is 0 Å². The molecule has 0 spiro atoms. The van der Waals surface area contributed by atoms with Crippen LogP contribution in [0.25, 0.3) is 0 Å². The fraction of sp³-hybridized carbons (Fsp3) is 0.235. The van der Waals surface area contributed by atoms with Gasteiger partial charge in [0.15, 0.2) is 0 Å². The van der Waals surface area contributed by atoms with Gasteiger partial charge in [0, 0.05) is 12.0 Å². The van der Waals surface area contributed by atoms with E-state index < -0.39 is 11.9 Å². The monoisotopic (exact) mass is 301 g/mol. The minimum Gasteiger partial charge on any atom is -0.497 e. The second kappa shape index (κ2) is 5.77. The van der Waals surface area contributed by atoms with Crippen LogP contribution in [0.4, 0.5) is 10.1 Å². The molecule has 2 aromatic rings. The van der Waals surface area contributed by atoms with E-state index in [1.807, 2.05) is 0 Å². The van der Waals surface area contributed by atoms with E-state index in [-0.39, 0.29) is 5.91 Å². The summed E-state index contributed by atoms with van der Waals surface area (Å²) < 4.78 is 18.9. The van der Waals surface area contributed by atoms with Crippen molar-refractivity contribution in [2.75, 3.05) is 12.4 Å². The lowest BCUT2D eigenvalue weighted by atomic mass is 9.93. The van der Waals surface area contributed by atoms with Crippen LogP contribution in [0.5, 0.6) is 5.75 Å². The third kappa shape index (κ3) is 2.67. The molecule has 0 saturated heterocycles. The van der Waals surface area contributed by atoms with Gasteiger partial charge in [-0.15, -0.1) is 0 Å². The van der Waals surface area contributed by atoms with Crippen LogP contribution in [0.3, 0.4) is 0 Å².